The maximum Gasteiger partial charge on any atom is 0.145 e. The largest absolute Gasteiger partial charge is 0.484 e. The van der Waals surface area contributed by atoms with Gasteiger partial charge in [-0.15, -0.1) is 0 Å². The van der Waals surface area contributed by atoms with Crippen LogP contribution in [0.25, 0.3) is 10.9 Å². The number of aliphatic hydroxyl groups is 1. The average molecular weight is 469 g/mol. The minimum atomic E-state index is -0.464. The van der Waals surface area contributed by atoms with Crippen molar-refractivity contribution in [2.24, 2.45) is 0 Å². The zero-order valence-corrected chi connectivity index (χ0v) is 20.6. The number of pyridine rings is 1. The lowest BCUT2D eigenvalue weighted by Gasteiger charge is -2.41. The second kappa shape index (κ2) is 8.31. The highest BCUT2D eigenvalue weighted by Crippen LogP contribution is 2.41. The Hall–Kier alpha value is -3.51. The van der Waals surface area contributed by atoms with Gasteiger partial charge in [-0.3, -0.25) is 4.98 Å². The number of anilines is 3. The first kappa shape index (κ1) is 22.0. The Morgan fingerprint density at radius 3 is 3.00 bits per heavy atom. The number of rotatable bonds is 5. The van der Waals surface area contributed by atoms with Crippen LogP contribution in [0.1, 0.15) is 48.8 Å². The van der Waals surface area contributed by atoms with Gasteiger partial charge in [-0.2, -0.15) is 0 Å². The number of ether oxygens (including phenoxy) is 1. The first-order valence-electron chi connectivity index (χ1n) is 12.4. The van der Waals surface area contributed by atoms with Gasteiger partial charge in [0.15, 0.2) is 0 Å². The van der Waals surface area contributed by atoms with Gasteiger partial charge in [-0.1, -0.05) is 18.2 Å². The van der Waals surface area contributed by atoms with Crippen LogP contribution in [0.15, 0.2) is 54.9 Å². The standard InChI is InChI=1S/C29H32N4O2/c1-18-5-4-6-21-19(16-31-27(18)21)12-14-33-17-29(2,3)35-26-15-20(7-9-24(26)33)32-23-11-13-30-28-22(23)8-10-25(28)34/h4-7,9,11,13,15-16,25,31,34H,8,10,12,14,17H2,1-3H3,(H,30,32). The quantitative estimate of drug-likeness (QED) is 0.344. The summed E-state index contributed by atoms with van der Waals surface area (Å²) in [5.41, 5.74) is 8.58. The fourth-order valence-corrected chi connectivity index (χ4v) is 5.58. The summed E-state index contributed by atoms with van der Waals surface area (Å²) in [4.78, 5) is 10.3. The molecule has 0 saturated heterocycles. The van der Waals surface area contributed by atoms with Crippen LogP contribution in [-0.4, -0.2) is 33.8 Å². The van der Waals surface area contributed by atoms with Crippen LogP contribution in [-0.2, 0) is 12.8 Å². The maximum atomic E-state index is 10.2. The van der Waals surface area contributed by atoms with Crippen molar-refractivity contribution in [1.82, 2.24) is 9.97 Å². The predicted molar refractivity (Wildman–Crippen MR) is 141 cm³/mol. The molecule has 6 nitrogen and oxygen atoms in total. The highest BCUT2D eigenvalue weighted by molar-refractivity contribution is 5.86. The van der Waals surface area contributed by atoms with Crippen molar-refractivity contribution in [2.75, 3.05) is 23.3 Å². The number of aryl methyl sites for hydroxylation is 1. The van der Waals surface area contributed by atoms with Gasteiger partial charge < -0.3 is 25.0 Å². The number of nitrogens with zero attached hydrogens (tertiary/aromatic N) is 2. The molecular weight excluding hydrogens is 436 g/mol. The molecule has 0 amide bonds. The molecule has 0 bridgehead atoms. The van der Waals surface area contributed by atoms with E-state index in [1.165, 1.54) is 22.0 Å². The van der Waals surface area contributed by atoms with Crippen molar-refractivity contribution >= 4 is 28.0 Å². The van der Waals surface area contributed by atoms with Gasteiger partial charge in [0, 0.05) is 47.3 Å². The van der Waals surface area contributed by atoms with E-state index in [0.29, 0.717) is 0 Å². The molecule has 1 unspecified atom stereocenters. The summed E-state index contributed by atoms with van der Waals surface area (Å²) in [6, 6.07) is 14.8. The summed E-state index contributed by atoms with van der Waals surface area (Å²) in [5.74, 6) is 0.895. The second-order valence-electron chi connectivity index (χ2n) is 10.4. The average Bonchev–Trinajstić information content (AvgIpc) is 3.42. The fourth-order valence-electron chi connectivity index (χ4n) is 5.58. The molecular formula is C29H32N4O2. The zero-order valence-electron chi connectivity index (χ0n) is 20.6. The monoisotopic (exact) mass is 468 g/mol. The van der Waals surface area contributed by atoms with E-state index in [0.717, 1.165) is 66.4 Å². The lowest BCUT2D eigenvalue weighted by Crippen LogP contribution is -2.47. The van der Waals surface area contributed by atoms with E-state index in [9.17, 15) is 5.11 Å². The second-order valence-corrected chi connectivity index (χ2v) is 10.4. The van der Waals surface area contributed by atoms with Crippen LogP contribution in [0, 0.1) is 6.92 Å². The van der Waals surface area contributed by atoms with Crippen molar-refractivity contribution < 1.29 is 9.84 Å². The summed E-state index contributed by atoms with van der Waals surface area (Å²) in [5, 5.41) is 15.0. The number of hydrogen-bond acceptors (Lipinski definition) is 5. The van der Waals surface area contributed by atoms with Crippen molar-refractivity contribution in [1.29, 1.82) is 0 Å². The topological polar surface area (TPSA) is 73.4 Å². The predicted octanol–water partition coefficient (Wildman–Crippen LogP) is 5.81. The lowest BCUT2D eigenvalue weighted by molar-refractivity contribution is 0.105. The number of benzene rings is 2. The molecule has 6 heteroatoms. The van der Waals surface area contributed by atoms with Crippen molar-refractivity contribution in [3.63, 3.8) is 0 Å². The number of aromatic nitrogens is 2. The van der Waals surface area contributed by atoms with E-state index in [1.807, 2.05) is 6.07 Å². The minimum absolute atomic E-state index is 0.287. The number of fused-ring (bicyclic) bond motifs is 3. The van der Waals surface area contributed by atoms with E-state index in [-0.39, 0.29) is 5.60 Å². The Labute approximate surface area is 206 Å². The Balaban J connectivity index is 1.25. The SMILES string of the molecule is Cc1cccc2c(CCN3CC(C)(C)Oc4cc(Nc5ccnc6c5CCC6O)ccc43)c[nH]c12. The molecule has 1 aliphatic heterocycles. The molecule has 0 fully saturated rings. The molecule has 3 heterocycles. The maximum absolute atomic E-state index is 10.2. The van der Waals surface area contributed by atoms with E-state index >= 15 is 0 Å². The molecule has 2 aliphatic rings. The molecule has 1 aliphatic carbocycles. The van der Waals surface area contributed by atoms with Gasteiger partial charge in [0.1, 0.15) is 11.4 Å². The molecule has 6 rings (SSSR count). The first-order valence-corrected chi connectivity index (χ1v) is 12.4. The summed E-state index contributed by atoms with van der Waals surface area (Å²) in [6.45, 7) is 8.20. The number of aromatic amines is 1. The van der Waals surface area contributed by atoms with Gasteiger partial charge in [-0.05, 0) is 74.9 Å². The third-order valence-corrected chi connectivity index (χ3v) is 7.27. The van der Waals surface area contributed by atoms with Gasteiger partial charge in [0.25, 0.3) is 0 Å². The van der Waals surface area contributed by atoms with Gasteiger partial charge in [0.05, 0.1) is 24.0 Å². The molecule has 0 radical (unpaired) electrons. The Morgan fingerprint density at radius 2 is 2.11 bits per heavy atom. The van der Waals surface area contributed by atoms with Crippen molar-refractivity contribution in [2.45, 2.75) is 51.7 Å². The highest BCUT2D eigenvalue weighted by atomic mass is 16.5. The number of aliphatic hydroxyl groups excluding tert-OH is 1. The van der Waals surface area contributed by atoms with Crippen molar-refractivity contribution in [3.05, 3.63) is 77.2 Å². The first-order chi connectivity index (χ1) is 16.9. The Kier molecular flexibility index (Phi) is 5.22. The molecule has 2 aromatic heterocycles. The van der Waals surface area contributed by atoms with E-state index in [4.69, 9.17) is 4.74 Å². The van der Waals surface area contributed by atoms with Gasteiger partial charge in [-0.25, -0.2) is 0 Å². The van der Waals surface area contributed by atoms with Crippen LogP contribution >= 0.6 is 0 Å². The summed E-state index contributed by atoms with van der Waals surface area (Å²) < 4.78 is 6.42. The van der Waals surface area contributed by atoms with Crippen LogP contribution in [0.5, 0.6) is 5.75 Å². The number of para-hydroxylation sites is 1. The molecule has 4 aromatic rings. The zero-order chi connectivity index (χ0) is 24.2. The third kappa shape index (κ3) is 4.02. The highest BCUT2D eigenvalue weighted by Gasteiger charge is 2.32. The smallest absolute Gasteiger partial charge is 0.145 e. The van der Waals surface area contributed by atoms with Crippen LogP contribution in [0.3, 0.4) is 0 Å². The number of hydrogen-bond donors (Lipinski definition) is 3. The van der Waals surface area contributed by atoms with Gasteiger partial charge >= 0.3 is 0 Å². The number of H-pyrrole nitrogens is 1. The van der Waals surface area contributed by atoms with Crippen molar-refractivity contribution in [3.8, 4) is 5.75 Å². The molecule has 1 atom stereocenters. The third-order valence-electron chi connectivity index (χ3n) is 7.27. The van der Waals surface area contributed by atoms with E-state index < -0.39 is 6.10 Å². The van der Waals surface area contributed by atoms with Crippen LogP contribution < -0.4 is 15.0 Å². The lowest BCUT2D eigenvalue weighted by atomic mass is 10.0. The molecule has 0 spiro atoms. The summed E-state index contributed by atoms with van der Waals surface area (Å²) >= 11 is 0. The van der Waals surface area contributed by atoms with Crippen LogP contribution in [0.4, 0.5) is 17.1 Å². The molecule has 3 N–H and O–H groups in total. The molecule has 0 saturated carbocycles. The fraction of sp³-hybridized carbons (Fsp3) is 0.345. The molecule has 2 aromatic carbocycles. The minimum Gasteiger partial charge on any atom is -0.484 e. The number of nitrogens with one attached hydrogen (secondary N) is 2. The van der Waals surface area contributed by atoms with E-state index in [1.54, 1.807) is 6.20 Å². The van der Waals surface area contributed by atoms with E-state index in [2.05, 4.69) is 83.6 Å². The molecule has 35 heavy (non-hydrogen) atoms. The summed E-state index contributed by atoms with van der Waals surface area (Å²) in [7, 11) is 0. The van der Waals surface area contributed by atoms with Crippen LogP contribution in [0.2, 0.25) is 0 Å². The Bertz CT molecular complexity index is 1410. The normalized spacial score (nSPS) is 18.3. The summed E-state index contributed by atoms with van der Waals surface area (Å²) in [6.07, 6.45) is 5.98. The Morgan fingerprint density at radius 1 is 1.23 bits per heavy atom. The molecule has 180 valence electrons. The van der Waals surface area contributed by atoms with Gasteiger partial charge in [0.2, 0.25) is 0 Å².